The number of Topliss-reactive ketones (excluding diaryl/α,β-unsaturated/α-hetero) is 1. The molecule has 2 nitrogen and oxygen atoms in total. The fourth-order valence-electron chi connectivity index (χ4n) is 1.78. The Kier molecular flexibility index (Phi) is 4.45. The summed E-state index contributed by atoms with van der Waals surface area (Å²) >= 11 is 1.85. The quantitative estimate of drug-likeness (QED) is 0.593. The third kappa shape index (κ3) is 3.02. The van der Waals surface area contributed by atoms with Gasteiger partial charge >= 0.3 is 0 Å². The van der Waals surface area contributed by atoms with Crippen molar-refractivity contribution in [3.05, 3.63) is 68.8 Å². The van der Waals surface area contributed by atoms with Gasteiger partial charge in [0.1, 0.15) is 17.6 Å². The molecule has 0 fully saturated rings. The minimum absolute atomic E-state index is 0.280. The van der Waals surface area contributed by atoms with Crippen LogP contribution in [0.5, 0.6) is 0 Å². The van der Waals surface area contributed by atoms with Crippen molar-refractivity contribution in [1.29, 1.82) is 5.26 Å². The lowest BCUT2D eigenvalue weighted by Gasteiger charge is -2.10. The van der Waals surface area contributed by atoms with Crippen LogP contribution >= 0.6 is 22.6 Å². The molecule has 2 rings (SSSR count). The van der Waals surface area contributed by atoms with Gasteiger partial charge in [-0.25, -0.2) is 8.78 Å². The van der Waals surface area contributed by atoms with Crippen molar-refractivity contribution in [2.45, 2.75) is 5.92 Å². The van der Waals surface area contributed by atoms with Crippen LogP contribution in [-0.2, 0) is 0 Å². The number of benzene rings is 2. The van der Waals surface area contributed by atoms with Crippen LogP contribution in [0.2, 0.25) is 0 Å². The van der Waals surface area contributed by atoms with Crippen LogP contribution in [0, 0.1) is 26.5 Å². The molecule has 0 aromatic heterocycles. The van der Waals surface area contributed by atoms with Gasteiger partial charge in [0, 0.05) is 9.13 Å². The summed E-state index contributed by atoms with van der Waals surface area (Å²) in [5, 5.41) is 9.18. The molecule has 0 radical (unpaired) electrons. The van der Waals surface area contributed by atoms with E-state index in [-0.39, 0.29) is 5.56 Å². The molecule has 2 aromatic rings. The first-order valence-electron chi connectivity index (χ1n) is 5.67. The van der Waals surface area contributed by atoms with Crippen molar-refractivity contribution in [3.63, 3.8) is 0 Å². The van der Waals surface area contributed by atoms with Crippen LogP contribution in [0.3, 0.4) is 0 Å². The zero-order valence-corrected chi connectivity index (χ0v) is 12.3. The van der Waals surface area contributed by atoms with Crippen molar-refractivity contribution < 1.29 is 13.6 Å². The maximum Gasteiger partial charge on any atom is 0.185 e. The fraction of sp³-hybridized carbons (Fsp3) is 0.0667. The van der Waals surface area contributed by atoms with E-state index >= 15 is 0 Å². The van der Waals surface area contributed by atoms with Crippen molar-refractivity contribution >= 4 is 28.4 Å². The van der Waals surface area contributed by atoms with Crippen LogP contribution in [0.25, 0.3) is 0 Å². The van der Waals surface area contributed by atoms with Crippen LogP contribution in [0.4, 0.5) is 8.78 Å². The molecular weight excluding hydrogens is 375 g/mol. The van der Waals surface area contributed by atoms with Crippen LogP contribution in [0.15, 0.2) is 42.5 Å². The molecule has 0 bridgehead atoms. The van der Waals surface area contributed by atoms with Gasteiger partial charge in [0.25, 0.3) is 0 Å². The fourth-order valence-corrected chi connectivity index (χ4v) is 2.53. The average Bonchev–Trinajstić information content (AvgIpc) is 2.41. The van der Waals surface area contributed by atoms with Gasteiger partial charge in [0.2, 0.25) is 0 Å². The number of carbonyl (C=O) groups excluding carboxylic acids is 1. The number of halogens is 3. The summed E-state index contributed by atoms with van der Waals surface area (Å²) in [7, 11) is 0. The number of hydrogen-bond acceptors (Lipinski definition) is 2. The molecule has 0 saturated heterocycles. The normalized spacial score (nSPS) is 11.7. The number of rotatable bonds is 3. The van der Waals surface area contributed by atoms with Gasteiger partial charge in [-0.3, -0.25) is 4.79 Å². The van der Waals surface area contributed by atoms with E-state index in [0.29, 0.717) is 9.13 Å². The number of ketones is 1. The van der Waals surface area contributed by atoms with Gasteiger partial charge in [-0.1, -0.05) is 12.1 Å². The third-order valence-electron chi connectivity index (χ3n) is 2.79. The number of carbonyl (C=O) groups is 1. The number of nitriles is 1. The summed E-state index contributed by atoms with van der Waals surface area (Å²) in [4.78, 5) is 12.3. The highest BCUT2D eigenvalue weighted by Crippen LogP contribution is 2.24. The van der Waals surface area contributed by atoms with E-state index in [1.165, 1.54) is 42.5 Å². The van der Waals surface area contributed by atoms with E-state index < -0.39 is 23.3 Å². The molecule has 100 valence electrons. The monoisotopic (exact) mass is 383 g/mol. The van der Waals surface area contributed by atoms with Crippen LogP contribution in [0.1, 0.15) is 21.8 Å². The Labute approximate surface area is 128 Å². The second-order valence-electron chi connectivity index (χ2n) is 4.10. The first-order chi connectivity index (χ1) is 9.52. The minimum Gasteiger partial charge on any atom is -0.292 e. The van der Waals surface area contributed by atoms with E-state index in [9.17, 15) is 18.8 Å². The third-order valence-corrected chi connectivity index (χ3v) is 3.68. The molecule has 1 unspecified atom stereocenters. The van der Waals surface area contributed by atoms with Crippen LogP contribution < -0.4 is 0 Å². The van der Waals surface area contributed by atoms with E-state index in [0.717, 1.165) is 0 Å². The molecule has 5 heteroatoms. The van der Waals surface area contributed by atoms with Gasteiger partial charge in [-0.05, 0) is 58.5 Å². The van der Waals surface area contributed by atoms with Crippen molar-refractivity contribution in [1.82, 2.24) is 0 Å². The topological polar surface area (TPSA) is 40.9 Å². The highest BCUT2D eigenvalue weighted by atomic mass is 127. The highest BCUT2D eigenvalue weighted by Gasteiger charge is 2.23. The minimum atomic E-state index is -1.03. The first kappa shape index (κ1) is 14.6. The summed E-state index contributed by atoms with van der Waals surface area (Å²) in [5.74, 6) is -2.34. The first-order valence-corrected chi connectivity index (χ1v) is 6.75. The average molecular weight is 383 g/mol. The molecular formula is C15H8F2INO. The van der Waals surface area contributed by atoms with Crippen molar-refractivity contribution in [2.24, 2.45) is 0 Å². The molecule has 0 aliphatic carbocycles. The van der Waals surface area contributed by atoms with Crippen molar-refractivity contribution in [2.75, 3.05) is 0 Å². The second-order valence-corrected chi connectivity index (χ2v) is 5.26. The Morgan fingerprint density at radius 1 is 1.10 bits per heavy atom. The standard InChI is InChI=1S/C15H8F2INO/c16-10-3-1-9(2-4-10)13(8-19)15(20)12-6-5-11(17)7-14(12)18/h1-7,13H. The molecule has 1 atom stereocenters. The highest BCUT2D eigenvalue weighted by molar-refractivity contribution is 14.1. The Hall–Kier alpha value is -1.81. The number of hydrogen-bond donors (Lipinski definition) is 0. The lowest BCUT2D eigenvalue weighted by Crippen LogP contribution is -2.13. The molecule has 0 spiro atoms. The maximum absolute atomic E-state index is 13.0. The summed E-state index contributed by atoms with van der Waals surface area (Å²) < 4.78 is 26.4. The van der Waals surface area contributed by atoms with Gasteiger partial charge in [-0.2, -0.15) is 5.26 Å². The predicted octanol–water partition coefficient (Wildman–Crippen LogP) is 4.06. The molecule has 0 amide bonds. The zero-order chi connectivity index (χ0) is 14.7. The SMILES string of the molecule is N#CC(C(=O)c1ccc(F)cc1I)c1ccc(F)cc1. The van der Waals surface area contributed by atoms with E-state index in [4.69, 9.17) is 0 Å². The Balaban J connectivity index is 2.39. The van der Waals surface area contributed by atoms with Gasteiger partial charge in [0.05, 0.1) is 6.07 Å². The van der Waals surface area contributed by atoms with E-state index in [1.807, 2.05) is 28.7 Å². The molecule has 0 N–H and O–H groups in total. The molecule has 0 aliphatic heterocycles. The van der Waals surface area contributed by atoms with Gasteiger partial charge in [-0.15, -0.1) is 0 Å². The summed E-state index contributed by atoms with van der Waals surface area (Å²) in [6.45, 7) is 0. The van der Waals surface area contributed by atoms with Crippen LogP contribution in [-0.4, -0.2) is 5.78 Å². The maximum atomic E-state index is 13.0. The van der Waals surface area contributed by atoms with E-state index in [2.05, 4.69) is 0 Å². The Morgan fingerprint density at radius 2 is 1.70 bits per heavy atom. The summed E-state index contributed by atoms with van der Waals surface area (Å²) in [5.41, 5.74) is 0.696. The molecule has 0 aliphatic rings. The largest absolute Gasteiger partial charge is 0.292 e. The summed E-state index contributed by atoms with van der Waals surface area (Å²) in [6.07, 6.45) is 0. The lowest BCUT2D eigenvalue weighted by atomic mass is 9.92. The predicted molar refractivity (Wildman–Crippen MR) is 78.2 cm³/mol. The van der Waals surface area contributed by atoms with Gasteiger partial charge < -0.3 is 0 Å². The second kappa shape index (κ2) is 6.09. The molecule has 0 saturated carbocycles. The lowest BCUT2D eigenvalue weighted by molar-refractivity contribution is 0.0978. The Morgan fingerprint density at radius 3 is 2.25 bits per heavy atom. The molecule has 20 heavy (non-hydrogen) atoms. The van der Waals surface area contributed by atoms with Gasteiger partial charge in [0.15, 0.2) is 5.78 Å². The smallest absolute Gasteiger partial charge is 0.185 e. The molecule has 2 aromatic carbocycles. The van der Waals surface area contributed by atoms with E-state index in [1.54, 1.807) is 0 Å². The summed E-state index contributed by atoms with van der Waals surface area (Å²) in [6, 6.07) is 10.9. The van der Waals surface area contributed by atoms with Crippen molar-refractivity contribution in [3.8, 4) is 6.07 Å². The zero-order valence-electron chi connectivity index (χ0n) is 10.1. The Bertz CT molecular complexity index is 692. The molecule has 0 heterocycles. The number of nitrogens with zero attached hydrogens (tertiary/aromatic N) is 1.